The molecule has 1 aromatic heterocycles. The molecule has 1 saturated heterocycles. The molecule has 5 rings (SSSR count). The van der Waals surface area contributed by atoms with Gasteiger partial charge in [-0.3, -0.25) is 9.59 Å². The van der Waals surface area contributed by atoms with Crippen LogP contribution < -0.4 is 9.47 Å². The van der Waals surface area contributed by atoms with Crippen LogP contribution in [-0.4, -0.2) is 40.4 Å². The van der Waals surface area contributed by atoms with Crippen molar-refractivity contribution in [3.63, 3.8) is 0 Å². The minimum atomic E-state index is -0.609. The third-order valence-electron chi connectivity index (χ3n) is 6.90. The van der Waals surface area contributed by atoms with Crippen molar-refractivity contribution in [3.8, 4) is 11.5 Å². The predicted molar refractivity (Wildman–Crippen MR) is 125 cm³/mol. The first-order chi connectivity index (χ1) is 16.4. The lowest BCUT2D eigenvalue weighted by Crippen LogP contribution is -2.52. The quantitative estimate of drug-likeness (QED) is 0.555. The van der Waals surface area contributed by atoms with Crippen LogP contribution in [0.2, 0.25) is 0 Å². The van der Waals surface area contributed by atoms with Crippen LogP contribution >= 0.6 is 0 Å². The molecule has 1 fully saturated rings. The van der Waals surface area contributed by atoms with E-state index in [1.165, 1.54) is 0 Å². The fourth-order valence-corrected chi connectivity index (χ4v) is 4.90. The molecular weight excluding hydrogens is 432 g/mol. The van der Waals surface area contributed by atoms with E-state index in [9.17, 15) is 9.59 Å². The van der Waals surface area contributed by atoms with Crippen molar-refractivity contribution in [3.05, 3.63) is 76.2 Å². The van der Waals surface area contributed by atoms with E-state index in [0.29, 0.717) is 73.0 Å². The minimum Gasteiger partial charge on any atom is -0.488 e. The predicted octanol–water partition coefficient (Wildman–Crippen LogP) is 4.82. The van der Waals surface area contributed by atoms with E-state index in [1.54, 1.807) is 24.8 Å². The zero-order chi connectivity index (χ0) is 23.9. The molecule has 2 aromatic carbocycles. The summed E-state index contributed by atoms with van der Waals surface area (Å²) in [5.41, 5.74) is 3.02. The number of ether oxygens (including phenoxy) is 2. The van der Waals surface area contributed by atoms with Crippen LogP contribution in [0.15, 0.2) is 47.0 Å². The maximum atomic E-state index is 13.1. The Balaban J connectivity index is 1.32. The van der Waals surface area contributed by atoms with Crippen LogP contribution in [0.25, 0.3) is 0 Å². The molecule has 0 saturated carbocycles. The molecule has 7 heteroatoms. The lowest BCUT2D eigenvalue weighted by atomic mass is 9.81. The number of aryl methyl sites for hydroxylation is 2. The van der Waals surface area contributed by atoms with Gasteiger partial charge in [0.2, 0.25) is 0 Å². The molecule has 0 atom stereocenters. The largest absolute Gasteiger partial charge is 0.488 e. The molecule has 3 aromatic rings. The third kappa shape index (κ3) is 3.95. The molecule has 0 radical (unpaired) electrons. The minimum absolute atomic E-state index is 0.0736. The molecule has 176 valence electrons. The number of rotatable bonds is 4. The van der Waals surface area contributed by atoms with Gasteiger partial charge in [0.05, 0.1) is 17.7 Å². The number of nitrogens with zero attached hydrogens (tertiary/aromatic N) is 2. The molecule has 2 aliphatic heterocycles. The summed E-state index contributed by atoms with van der Waals surface area (Å²) in [6.07, 6.45) is 1.49. The molecule has 1 amide bonds. The molecule has 0 N–H and O–H groups in total. The van der Waals surface area contributed by atoms with Gasteiger partial charge in [-0.05, 0) is 38.5 Å². The summed E-state index contributed by atoms with van der Waals surface area (Å²) in [7, 11) is 0. The van der Waals surface area contributed by atoms with Crippen LogP contribution in [0.1, 0.15) is 62.6 Å². The number of amides is 1. The van der Waals surface area contributed by atoms with Crippen LogP contribution in [0, 0.1) is 20.8 Å². The van der Waals surface area contributed by atoms with Gasteiger partial charge in [-0.2, -0.15) is 0 Å². The summed E-state index contributed by atoms with van der Waals surface area (Å²) in [5, 5.41) is 3.90. The standard InChI is InChI=1S/C27H28N2O5/c1-17-23(32-16-20-7-5-4-6-8-20)10-9-21-22(30)15-27(33-25(17)21)11-13-29(14-12-27)26(31)24-18(2)28-34-19(24)3/h4-10H,11-16H2,1-3H3. The van der Waals surface area contributed by atoms with E-state index in [-0.39, 0.29) is 11.7 Å². The summed E-state index contributed by atoms with van der Waals surface area (Å²) in [6, 6.07) is 13.6. The van der Waals surface area contributed by atoms with Crippen LogP contribution in [0.4, 0.5) is 0 Å². The normalized spacial score (nSPS) is 16.8. The Morgan fingerprint density at radius 1 is 1.09 bits per heavy atom. The van der Waals surface area contributed by atoms with Crippen molar-refractivity contribution >= 4 is 11.7 Å². The number of hydrogen-bond acceptors (Lipinski definition) is 6. The van der Waals surface area contributed by atoms with Gasteiger partial charge in [0, 0.05) is 31.5 Å². The number of carbonyl (C=O) groups is 2. The smallest absolute Gasteiger partial charge is 0.259 e. The summed E-state index contributed by atoms with van der Waals surface area (Å²) in [6.45, 7) is 6.91. The number of ketones is 1. The lowest BCUT2D eigenvalue weighted by molar-refractivity contribution is -0.00637. The number of Topliss-reactive ketones (excluding diaryl/α,β-unsaturated/α-hetero) is 1. The van der Waals surface area contributed by atoms with E-state index >= 15 is 0 Å². The Labute approximate surface area is 198 Å². The van der Waals surface area contributed by atoms with Crippen LogP contribution in [0.5, 0.6) is 11.5 Å². The van der Waals surface area contributed by atoms with Gasteiger partial charge in [0.25, 0.3) is 5.91 Å². The molecule has 2 aliphatic rings. The van der Waals surface area contributed by atoms with E-state index in [0.717, 1.165) is 11.1 Å². The number of carbonyl (C=O) groups excluding carboxylic acids is 2. The summed E-state index contributed by atoms with van der Waals surface area (Å²) in [4.78, 5) is 27.9. The second-order valence-electron chi connectivity index (χ2n) is 9.22. The molecular formula is C27H28N2O5. The molecule has 34 heavy (non-hydrogen) atoms. The first-order valence-electron chi connectivity index (χ1n) is 11.6. The lowest BCUT2D eigenvalue weighted by Gasteiger charge is -2.44. The van der Waals surface area contributed by atoms with Crippen molar-refractivity contribution in [2.24, 2.45) is 0 Å². The number of benzene rings is 2. The van der Waals surface area contributed by atoms with Crippen molar-refractivity contribution < 1.29 is 23.6 Å². The first kappa shape index (κ1) is 22.2. The van der Waals surface area contributed by atoms with Crippen molar-refractivity contribution in [2.75, 3.05) is 13.1 Å². The fraction of sp³-hybridized carbons (Fsp3) is 0.370. The highest BCUT2D eigenvalue weighted by Crippen LogP contribution is 2.43. The van der Waals surface area contributed by atoms with Gasteiger partial charge >= 0.3 is 0 Å². The average molecular weight is 461 g/mol. The monoisotopic (exact) mass is 460 g/mol. The van der Waals surface area contributed by atoms with E-state index in [4.69, 9.17) is 14.0 Å². The summed E-state index contributed by atoms with van der Waals surface area (Å²) >= 11 is 0. The molecule has 3 heterocycles. The number of aromatic nitrogens is 1. The highest BCUT2D eigenvalue weighted by Gasteiger charge is 2.45. The topological polar surface area (TPSA) is 81.9 Å². The second-order valence-corrected chi connectivity index (χ2v) is 9.22. The number of hydrogen-bond donors (Lipinski definition) is 0. The van der Waals surface area contributed by atoms with E-state index < -0.39 is 5.60 Å². The Hall–Kier alpha value is -3.61. The molecule has 7 nitrogen and oxygen atoms in total. The number of fused-ring (bicyclic) bond motifs is 1. The SMILES string of the molecule is Cc1noc(C)c1C(=O)N1CCC2(CC1)CC(=O)c1ccc(OCc3ccccc3)c(C)c1O2. The second kappa shape index (κ2) is 8.63. The molecule has 0 aliphatic carbocycles. The van der Waals surface area contributed by atoms with Crippen LogP contribution in [-0.2, 0) is 6.61 Å². The average Bonchev–Trinajstić information content (AvgIpc) is 3.17. The van der Waals surface area contributed by atoms with Gasteiger partial charge in [0.15, 0.2) is 5.78 Å². The van der Waals surface area contributed by atoms with Gasteiger partial charge in [-0.1, -0.05) is 35.5 Å². The Bertz CT molecular complexity index is 1220. The zero-order valence-corrected chi connectivity index (χ0v) is 19.7. The van der Waals surface area contributed by atoms with Gasteiger partial charge in [0.1, 0.15) is 35.0 Å². The highest BCUT2D eigenvalue weighted by molar-refractivity contribution is 6.01. The van der Waals surface area contributed by atoms with Crippen LogP contribution in [0.3, 0.4) is 0 Å². The van der Waals surface area contributed by atoms with E-state index in [1.807, 2.05) is 43.3 Å². The third-order valence-corrected chi connectivity index (χ3v) is 6.90. The summed E-state index contributed by atoms with van der Waals surface area (Å²) in [5.74, 6) is 1.83. The van der Waals surface area contributed by atoms with E-state index in [2.05, 4.69) is 5.16 Å². The number of likely N-dealkylation sites (tertiary alicyclic amines) is 1. The Morgan fingerprint density at radius 3 is 2.50 bits per heavy atom. The van der Waals surface area contributed by atoms with Crippen molar-refractivity contribution in [1.82, 2.24) is 10.1 Å². The molecule has 0 unspecified atom stereocenters. The molecule has 0 bridgehead atoms. The Morgan fingerprint density at radius 2 is 1.82 bits per heavy atom. The fourth-order valence-electron chi connectivity index (χ4n) is 4.90. The van der Waals surface area contributed by atoms with Gasteiger partial charge in [-0.25, -0.2) is 0 Å². The van der Waals surface area contributed by atoms with Gasteiger partial charge in [-0.15, -0.1) is 0 Å². The van der Waals surface area contributed by atoms with Crippen molar-refractivity contribution in [1.29, 1.82) is 0 Å². The zero-order valence-electron chi connectivity index (χ0n) is 19.7. The highest BCUT2D eigenvalue weighted by atomic mass is 16.5. The first-order valence-corrected chi connectivity index (χ1v) is 11.6. The van der Waals surface area contributed by atoms with Crippen molar-refractivity contribution in [2.45, 2.75) is 52.2 Å². The molecule has 1 spiro atoms. The maximum Gasteiger partial charge on any atom is 0.259 e. The van der Waals surface area contributed by atoms with Gasteiger partial charge < -0.3 is 18.9 Å². The Kier molecular flexibility index (Phi) is 5.63. The number of piperidine rings is 1. The maximum absolute atomic E-state index is 13.1. The summed E-state index contributed by atoms with van der Waals surface area (Å²) < 4.78 is 17.8.